The molecule has 16 heavy (non-hydrogen) atoms. The first-order valence-corrected chi connectivity index (χ1v) is 5.53. The third-order valence-electron chi connectivity index (χ3n) is 2.30. The number of nitrogens with zero attached hydrogens (tertiary/aromatic N) is 1. The third kappa shape index (κ3) is 6.36. The number of carbonyl (C=O) groups excluding carboxylic acids is 2. The second kappa shape index (κ2) is 9.11. The first-order valence-electron chi connectivity index (χ1n) is 5.53. The quantitative estimate of drug-likeness (QED) is 0.230. The summed E-state index contributed by atoms with van der Waals surface area (Å²) in [6.45, 7) is 2.10. The Hall–Kier alpha value is -1.14. The summed E-state index contributed by atoms with van der Waals surface area (Å²) in [7, 11) is 1.59. The lowest BCUT2D eigenvalue weighted by atomic mass is 10.0. The number of amides is 2. The fourth-order valence-corrected chi connectivity index (χ4v) is 1.44. The zero-order chi connectivity index (χ0) is 12.4. The maximum absolute atomic E-state index is 11.6. The van der Waals surface area contributed by atoms with Gasteiger partial charge in [0.2, 0.25) is 12.3 Å². The van der Waals surface area contributed by atoms with Gasteiger partial charge in [0.15, 0.2) is 0 Å². The molecule has 3 N–H and O–H groups in total. The Morgan fingerprint density at radius 1 is 1.50 bits per heavy atom. The molecule has 0 fully saturated rings. The van der Waals surface area contributed by atoms with Crippen molar-refractivity contribution in [2.75, 3.05) is 13.6 Å². The molecular formula is C10H21N3O3. The predicted octanol–water partition coefficient (Wildman–Crippen LogP) is 0.281. The largest absolute Gasteiger partial charge is 0.292 e. The van der Waals surface area contributed by atoms with Crippen molar-refractivity contribution in [3.63, 3.8) is 0 Å². The van der Waals surface area contributed by atoms with E-state index in [1.165, 1.54) is 0 Å². The molecule has 0 spiro atoms. The predicted molar refractivity (Wildman–Crippen MR) is 59.4 cm³/mol. The maximum atomic E-state index is 11.6. The van der Waals surface area contributed by atoms with Gasteiger partial charge in [0.25, 0.3) is 0 Å². The van der Waals surface area contributed by atoms with E-state index in [-0.39, 0.29) is 18.4 Å². The fraction of sp³-hybridized carbons (Fsp3) is 0.800. The van der Waals surface area contributed by atoms with E-state index in [1.54, 1.807) is 7.05 Å². The minimum atomic E-state index is -0.380. The topological polar surface area (TPSA) is 81.7 Å². The van der Waals surface area contributed by atoms with E-state index in [1.807, 2.05) is 0 Å². The van der Waals surface area contributed by atoms with Crippen molar-refractivity contribution in [1.82, 2.24) is 15.9 Å². The molecule has 0 aromatic heterocycles. The van der Waals surface area contributed by atoms with Gasteiger partial charge in [0, 0.05) is 7.05 Å². The highest BCUT2D eigenvalue weighted by Gasteiger charge is 2.19. The molecule has 6 nitrogen and oxygen atoms in total. The summed E-state index contributed by atoms with van der Waals surface area (Å²) in [4.78, 5) is 21.8. The van der Waals surface area contributed by atoms with Crippen LogP contribution in [0.15, 0.2) is 0 Å². The van der Waals surface area contributed by atoms with Crippen LogP contribution in [-0.2, 0) is 9.59 Å². The second-order valence-corrected chi connectivity index (χ2v) is 3.66. The van der Waals surface area contributed by atoms with Gasteiger partial charge in [-0.05, 0) is 6.42 Å². The first-order chi connectivity index (χ1) is 7.65. The van der Waals surface area contributed by atoms with Crippen molar-refractivity contribution in [3.8, 4) is 0 Å². The maximum Gasteiger partial charge on any atom is 0.239 e. The Labute approximate surface area is 95.9 Å². The third-order valence-corrected chi connectivity index (χ3v) is 2.30. The Balaban J connectivity index is 4.14. The van der Waals surface area contributed by atoms with Crippen LogP contribution < -0.4 is 10.9 Å². The van der Waals surface area contributed by atoms with Gasteiger partial charge in [0.1, 0.15) is 0 Å². The van der Waals surface area contributed by atoms with Crippen LogP contribution in [-0.4, -0.2) is 36.2 Å². The standard InChI is InChI=1S/C10H21N3O3/c1-3-4-5-6-9(7-13(16)8-14)10(15)12-11-2/h8-9,11,16H,3-7H2,1-2H3,(H,12,15)/t9-/m1/s1. The summed E-state index contributed by atoms with van der Waals surface area (Å²) in [6, 6.07) is 0. The molecule has 94 valence electrons. The highest BCUT2D eigenvalue weighted by atomic mass is 16.5. The van der Waals surface area contributed by atoms with E-state index >= 15 is 0 Å². The normalized spacial score (nSPS) is 11.9. The van der Waals surface area contributed by atoms with Crippen molar-refractivity contribution in [2.24, 2.45) is 5.92 Å². The summed E-state index contributed by atoms with van der Waals surface area (Å²) in [6.07, 6.45) is 3.98. The highest BCUT2D eigenvalue weighted by Crippen LogP contribution is 2.11. The van der Waals surface area contributed by atoms with Crippen LogP contribution in [0, 0.1) is 5.92 Å². The summed E-state index contributed by atoms with van der Waals surface area (Å²) >= 11 is 0. The van der Waals surface area contributed by atoms with Gasteiger partial charge in [0.05, 0.1) is 12.5 Å². The number of hydrogen-bond acceptors (Lipinski definition) is 4. The Morgan fingerprint density at radius 3 is 2.69 bits per heavy atom. The summed E-state index contributed by atoms with van der Waals surface area (Å²) in [5.41, 5.74) is 5.00. The number of hydrogen-bond donors (Lipinski definition) is 3. The molecule has 0 aromatic carbocycles. The minimum absolute atomic E-state index is 0.0285. The SMILES string of the molecule is CCCCC[C@H](CN(O)C=O)C(=O)NNC. The van der Waals surface area contributed by atoms with Crippen LogP contribution in [0.3, 0.4) is 0 Å². The number of nitrogens with one attached hydrogen (secondary N) is 2. The Morgan fingerprint density at radius 2 is 2.19 bits per heavy atom. The molecule has 2 amide bonds. The van der Waals surface area contributed by atoms with Crippen LogP contribution in [0.2, 0.25) is 0 Å². The molecule has 0 rings (SSSR count). The van der Waals surface area contributed by atoms with E-state index in [9.17, 15) is 9.59 Å². The van der Waals surface area contributed by atoms with E-state index in [4.69, 9.17) is 5.21 Å². The number of hydroxylamine groups is 2. The average Bonchev–Trinajstić information content (AvgIpc) is 2.28. The molecule has 1 atom stereocenters. The summed E-state index contributed by atoms with van der Waals surface area (Å²) in [5.74, 6) is -0.589. The van der Waals surface area contributed by atoms with Crippen molar-refractivity contribution < 1.29 is 14.8 Å². The monoisotopic (exact) mass is 231 g/mol. The van der Waals surface area contributed by atoms with Crippen LogP contribution in [0.25, 0.3) is 0 Å². The second-order valence-electron chi connectivity index (χ2n) is 3.66. The Kier molecular flexibility index (Phi) is 8.46. The van der Waals surface area contributed by atoms with Gasteiger partial charge in [-0.25, -0.2) is 10.5 Å². The van der Waals surface area contributed by atoms with Crippen molar-refractivity contribution in [1.29, 1.82) is 0 Å². The van der Waals surface area contributed by atoms with Crippen LogP contribution in [0.1, 0.15) is 32.6 Å². The molecule has 0 aliphatic carbocycles. The zero-order valence-corrected chi connectivity index (χ0v) is 9.90. The van der Waals surface area contributed by atoms with Crippen LogP contribution >= 0.6 is 0 Å². The molecule has 0 aliphatic heterocycles. The van der Waals surface area contributed by atoms with Gasteiger partial charge < -0.3 is 0 Å². The molecule has 0 unspecified atom stereocenters. The molecule has 0 heterocycles. The van der Waals surface area contributed by atoms with E-state index < -0.39 is 0 Å². The molecule has 0 bridgehead atoms. The van der Waals surface area contributed by atoms with Crippen molar-refractivity contribution in [3.05, 3.63) is 0 Å². The van der Waals surface area contributed by atoms with E-state index in [0.717, 1.165) is 19.3 Å². The molecule has 0 aliphatic rings. The molecule has 6 heteroatoms. The lowest BCUT2D eigenvalue weighted by molar-refractivity contribution is -0.154. The van der Waals surface area contributed by atoms with Crippen molar-refractivity contribution in [2.45, 2.75) is 32.6 Å². The lowest BCUT2D eigenvalue weighted by Crippen LogP contribution is -2.42. The smallest absolute Gasteiger partial charge is 0.239 e. The number of hydrazine groups is 1. The number of unbranched alkanes of at least 4 members (excludes halogenated alkanes) is 2. The summed E-state index contributed by atoms with van der Waals surface area (Å²) < 4.78 is 0. The van der Waals surface area contributed by atoms with E-state index in [0.29, 0.717) is 17.9 Å². The van der Waals surface area contributed by atoms with Gasteiger partial charge >= 0.3 is 0 Å². The molecule has 0 saturated heterocycles. The fourth-order valence-electron chi connectivity index (χ4n) is 1.44. The van der Waals surface area contributed by atoms with Crippen LogP contribution in [0.5, 0.6) is 0 Å². The number of carbonyl (C=O) groups is 2. The average molecular weight is 231 g/mol. The first kappa shape index (κ1) is 14.9. The van der Waals surface area contributed by atoms with Crippen molar-refractivity contribution >= 4 is 12.3 Å². The zero-order valence-electron chi connectivity index (χ0n) is 9.90. The minimum Gasteiger partial charge on any atom is -0.292 e. The van der Waals surface area contributed by atoms with E-state index in [2.05, 4.69) is 17.8 Å². The van der Waals surface area contributed by atoms with Gasteiger partial charge in [-0.15, -0.1) is 0 Å². The number of rotatable bonds is 9. The lowest BCUT2D eigenvalue weighted by Gasteiger charge is -2.18. The highest BCUT2D eigenvalue weighted by molar-refractivity contribution is 5.78. The van der Waals surface area contributed by atoms with Gasteiger partial charge in [-0.1, -0.05) is 26.2 Å². The van der Waals surface area contributed by atoms with Crippen LogP contribution in [0.4, 0.5) is 0 Å². The molecule has 0 radical (unpaired) electrons. The van der Waals surface area contributed by atoms with Gasteiger partial charge in [-0.2, -0.15) is 0 Å². The molecule has 0 saturated carbocycles. The Bertz CT molecular complexity index is 211. The molecule has 0 aromatic rings. The van der Waals surface area contributed by atoms with Gasteiger partial charge in [-0.3, -0.25) is 20.2 Å². The summed E-state index contributed by atoms with van der Waals surface area (Å²) in [5, 5.41) is 9.57. The molecular weight excluding hydrogens is 210 g/mol.